The van der Waals surface area contributed by atoms with Gasteiger partial charge in [-0.1, -0.05) is 49.6 Å². The van der Waals surface area contributed by atoms with Gasteiger partial charge in [-0.3, -0.25) is 4.79 Å². The second-order valence-electron chi connectivity index (χ2n) is 6.56. The van der Waals surface area contributed by atoms with E-state index in [4.69, 9.17) is 10.5 Å². The zero-order valence-electron chi connectivity index (χ0n) is 12.5. The van der Waals surface area contributed by atoms with E-state index >= 15 is 0 Å². The van der Waals surface area contributed by atoms with Crippen LogP contribution < -0.4 is 5.73 Å². The van der Waals surface area contributed by atoms with Crippen LogP contribution in [-0.4, -0.2) is 12.0 Å². The summed E-state index contributed by atoms with van der Waals surface area (Å²) in [4.78, 5) is 12.4. The quantitative estimate of drug-likeness (QED) is 0.868. The van der Waals surface area contributed by atoms with Gasteiger partial charge in [0.2, 0.25) is 0 Å². The van der Waals surface area contributed by atoms with Gasteiger partial charge in [-0.2, -0.15) is 0 Å². The number of esters is 1. The van der Waals surface area contributed by atoms with Crippen LogP contribution in [0.25, 0.3) is 0 Å². The summed E-state index contributed by atoms with van der Waals surface area (Å²) < 4.78 is 5.50. The Kier molecular flexibility index (Phi) is 4.59. The first-order chi connectivity index (χ1) is 10.3. The molecule has 2 saturated carbocycles. The highest BCUT2D eigenvalue weighted by atomic mass is 16.5. The molecule has 0 aliphatic heterocycles. The second kappa shape index (κ2) is 6.61. The van der Waals surface area contributed by atoms with Crippen LogP contribution in [0.15, 0.2) is 30.3 Å². The van der Waals surface area contributed by atoms with Crippen molar-refractivity contribution in [1.82, 2.24) is 0 Å². The van der Waals surface area contributed by atoms with Gasteiger partial charge in [-0.25, -0.2) is 0 Å². The van der Waals surface area contributed by atoms with Gasteiger partial charge in [-0.05, 0) is 36.7 Å². The Hall–Kier alpha value is -1.35. The molecule has 3 rings (SSSR count). The molecule has 3 nitrogen and oxygen atoms in total. The van der Waals surface area contributed by atoms with Gasteiger partial charge < -0.3 is 10.5 Å². The number of hydrogen-bond acceptors (Lipinski definition) is 3. The maximum absolute atomic E-state index is 12.4. The Balaban J connectivity index is 1.57. The fraction of sp³-hybridized carbons (Fsp3) is 0.611. The van der Waals surface area contributed by atoms with Crippen molar-refractivity contribution in [2.75, 3.05) is 0 Å². The Bertz CT molecular complexity index is 473. The van der Waals surface area contributed by atoms with Crippen LogP contribution in [0.4, 0.5) is 0 Å². The Morgan fingerprint density at radius 1 is 1.10 bits per heavy atom. The van der Waals surface area contributed by atoms with Gasteiger partial charge in [0.15, 0.2) is 0 Å². The Morgan fingerprint density at radius 3 is 2.67 bits per heavy atom. The largest absolute Gasteiger partial charge is 0.461 e. The lowest BCUT2D eigenvalue weighted by molar-refractivity contribution is -0.153. The van der Waals surface area contributed by atoms with E-state index in [0.29, 0.717) is 12.5 Å². The smallest absolute Gasteiger partial charge is 0.310 e. The third-order valence-electron chi connectivity index (χ3n) is 5.30. The normalized spacial score (nSPS) is 32.2. The number of fused-ring (bicyclic) bond motifs is 1. The predicted octanol–water partition coefficient (Wildman–Crippen LogP) is 3.27. The summed E-state index contributed by atoms with van der Waals surface area (Å²) in [7, 11) is 0. The van der Waals surface area contributed by atoms with Gasteiger partial charge in [0.25, 0.3) is 0 Å². The third-order valence-corrected chi connectivity index (χ3v) is 5.30. The number of rotatable bonds is 3. The van der Waals surface area contributed by atoms with Crippen LogP contribution in [0.2, 0.25) is 0 Å². The summed E-state index contributed by atoms with van der Waals surface area (Å²) >= 11 is 0. The molecule has 0 heterocycles. The number of ether oxygens (including phenoxy) is 1. The molecule has 1 aromatic carbocycles. The molecule has 114 valence electrons. The lowest BCUT2D eigenvalue weighted by Crippen LogP contribution is -2.49. The number of hydrogen-bond donors (Lipinski definition) is 1. The summed E-state index contributed by atoms with van der Waals surface area (Å²) in [5.41, 5.74) is 7.44. The van der Waals surface area contributed by atoms with Crippen molar-refractivity contribution in [2.45, 2.75) is 51.2 Å². The fourth-order valence-electron chi connectivity index (χ4n) is 4.10. The third kappa shape index (κ3) is 3.29. The van der Waals surface area contributed by atoms with Crippen molar-refractivity contribution in [3.63, 3.8) is 0 Å². The number of benzene rings is 1. The van der Waals surface area contributed by atoms with Crippen molar-refractivity contribution in [3.8, 4) is 0 Å². The molecular weight excluding hydrogens is 262 g/mol. The minimum Gasteiger partial charge on any atom is -0.461 e. The van der Waals surface area contributed by atoms with Crippen molar-refractivity contribution >= 4 is 5.97 Å². The average molecular weight is 287 g/mol. The minimum absolute atomic E-state index is 0.00711. The minimum atomic E-state index is -0.104. The summed E-state index contributed by atoms with van der Waals surface area (Å²) in [6, 6.07) is 9.83. The molecule has 0 radical (unpaired) electrons. The summed E-state index contributed by atoms with van der Waals surface area (Å²) in [5, 5.41) is 0. The molecular formula is C18H25NO2. The highest BCUT2D eigenvalue weighted by molar-refractivity contribution is 5.73. The zero-order valence-corrected chi connectivity index (χ0v) is 12.5. The first kappa shape index (κ1) is 14.6. The fourth-order valence-corrected chi connectivity index (χ4v) is 4.10. The first-order valence-corrected chi connectivity index (χ1v) is 8.22. The maximum Gasteiger partial charge on any atom is 0.310 e. The maximum atomic E-state index is 12.4. The van der Waals surface area contributed by atoms with E-state index < -0.39 is 0 Å². The van der Waals surface area contributed by atoms with E-state index in [-0.39, 0.29) is 17.9 Å². The lowest BCUT2D eigenvalue weighted by Gasteiger charge is -2.43. The molecule has 0 bridgehead atoms. The molecule has 3 heteroatoms. The molecule has 1 aromatic rings. The lowest BCUT2D eigenvalue weighted by atomic mass is 9.65. The number of carbonyl (C=O) groups excluding carboxylic acids is 1. The molecule has 2 aliphatic carbocycles. The first-order valence-electron chi connectivity index (χ1n) is 8.22. The van der Waals surface area contributed by atoms with Crippen LogP contribution in [0.3, 0.4) is 0 Å². The van der Waals surface area contributed by atoms with Gasteiger partial charge in [0.05, 0.1) is 5.92 Å². The van der Waals surface area contributed by atoms with Crippen LogP contribution in [0.5, 0.6) is 0 Å². The number of carbonyl (C=O) groups is 1. The van der Waals surface area contributed by atoms with Crippen LogP contribution in [0.1, 0.15) is 44.1 Å². The molecule has 0 aromatic heterocycles. The standard InChI is InChI=1S/C18H25NO2/c19-17-15-9-5-4-8-14(15)10-11-16(17)18(20)21-12-13-6-2-1-3-7-13/h1-3,6-7,14-17H,4-5,8-12,19H2. The van der Waals surface area contributed by atoms with E-state index in [2.05, 4.69) is 0 Å². The highest BCUT2D eigenvalue weighted by Gasteiger charge is 2.41. The summed E-state index contributed by atoms with van der Waals surface area (Å²) in [6.45, 7) is 0.358. The van der Waals surface area contributed by atoms with E-state index in [1.54, 1.807) is 0 Å². The highest BCUT2D eigenvalue weighted by Crippen LogP contribution is 2.42. The monoisotopic (exact) mass is 287 g/mol. The van der Waals surface area contributed by atoms with Gasteiger partial charge in [0.1, 0.15) is 6.61 Å². The second-order valence-corrected chi connectivity index (χ2v) is 6.56. The van der Waals surface area contributed by atoms with Crippen LogP contribution in [0, 0.1) is 17.8 Å². The summed E-state index contributed by atoms with van der Waals surface area (Å²) in [5.74, 6) is 1.07. The Morgan fingerprint density at radius 2 is 1.86 bits per heavy atom. The van der Waals surface area contributed by atoms with E-state index in [1.807, 2.05) is 30.3 Å². The van der Waals surface area contributed by atoms with E-state index in [0.717, 1.165) is 24.3 Å². The molecule has 0 saturated heterocycles. The predicted molar refractivity (Wildman–Crippen MR) is 82.4 cm³/mol. The van der Waals surface area contributed by atoms with E-state index in [1.165, 1.54) is 25.7 Å². The van der Waals surface area contributed by atoms with Crippen molar-refractivity contribution < 1.29 is 9.53 Å². The molecule has 2 fully saturated rings. The average Bonchev–Trinajstić information content (AvgIpc) is 2.54. The molecule has 21 heavy (non-hydrogen) atoms. The topological polar surface area (TPSA) is 52.3 Å². The van der Waals surface area contributed by atoms with Crippen molar-refractivity contribution in [3.05, 3.63) is 35.9 Å². The van der Waals surface area contributed by atoms with E-state index in [9.17, 15) is 4.79 Å². The van der Waals surface area contributed by atoms with Crippen LogP contribution >= 0.6 is 0 Å². The summed E-state index contributed by atoms with van der Waals surface area (Å²) in [6.07, 6.45) is 7.12. The van der Waals surface area contributed by atoms with Crippen LogP contribution in [-0.2, 0) is 16.1 Å². The van der Waals surface area contributed by atoms with Gasteiger partial charge in [-0.15, -0.1) is 0 Å². The van der Waals surface area contributed by atoms with Crippen molar-refractivity contribution in [2.24, 2.45) is 23.5 Å². The molecule has 4 atom stereocenters. The molecule has 0 spiro atoms. The van der Waals surface area contributed by atoms with Gasteiger partial charge >= 0.3 is 5.97 Å². The molecule has 2 aliphatic rings. The number of nitrogens with two attached hydrogens (primary N) is 1. The van der Waals surface area contributed by atoms with Gasteiger partial charge in [0, 0.05) is 6.04 Å². The molecule has 0 amide bonds. The SMILES string of the molecule is NC1C(C(=O)OCc2ccccc2)CCC2CCCCC21. The van der Waals surface area contributed by atoms with Crippen molar-refractivity contribution in [1.29, 1.82) is 0 Å². The molecule has 4 unspecified atom stereocenters. The Labute approximate surface area is 126 Å². The molecule has 2 N–H and O–H groups in total. The zero-order chi connectivity index (χ0) is 14.7.